The van der Waals surface area contributed by atoms with Crippen molar-refractivity contribution in [3.63, 3.8) is 0 Å². The third-order valence-electron chi connectivity index (χ3n) is 3.29. The molecule has 1 N–H and O–H groups in total. The first-order chi connectivity index (χ1) is 7.77. The van der Waals surface area contributed by atoms with Crippen molar-refractivity contribution in [3.05, 3.63) is 0 Å². The second kappa shape index (κ2) is 7.27. The molecule has 0 aromatic heterocycles. The zero-order chi connectivity index (χ0) is 11.8. The summed E-state index contributed by atoms with van der Waals surface area (Å²) in [4.78, 5) is 11.6. The van der Waals surface area contributed by atoms with E-state index < -0.39 is 0 Å². The molecule has 0 spiro atoms. The van der Waals surface area contributed by atoms with Gasteiger partial charge in [0.2, 0.25) is 5.91 Å². The van der Waals surface area contributed by atoms with E-state index in [2.05, 4.69) is 18.3 Å². The van der Waals surface area contributed by atoms with E-state index >= 15 is 0 Å². The summed E-state index contributed by atoms with van der Waals surface area (Å²) in [6.07, 6.45) is 8.11. The van der Waals surface area contributed by atoms with Gasteiger partial charge in [0.1, 0.15) is 0 Å². The average molecular weight is 222 g/mol. The zero-order valence-corrected chi connectivity index (χ0v) is 10.2. The van der Waals surface area contributed by atoms with Crippen LogP contribution in [0.1, 0.15) is 58.3 Å². The van der Waals surface area contributed by atoms with E-state index in [1.807, 2.05) is 0 Å². The summed E-state index contributed by atoms with van der Waals surface area (Å²) >= 11 is 0. The summed E-state index contributed by atoms with van der Waals surface area (Å²) in [7, 11) is 0. The van der Waals surface area contributed by atoms with Crippen LogP contribution in [0.4, 0.5) is 0 Å². The molecule has 1 aliphatic rings. The topological polar surface area (TPSA) is 52.9 Å². The third kappa shape index (κ3) is 4.22. The lowest BCUT2D eigenvalue weighted by Crippen LogP contribution is -2.36. The van der Waals surface area contributed by atoms with Gasteiger partial charge in [-0.05, 0) is 25.7 Å². The van der Waals surface area contributed by atoms with Crippen LogP contribution in [-0.2, 0) is 4.79 Å². The molecule has 0 aromatic carbocycles. The molecule has 1 saturated carbocycles. The van der Waals surface area contributed by atoms with Crippen molar-refractivity contribution in [1.82, 2.24) is 5.32 Å². The number of hydrogen-bond donors (Lipinski definition) is 1. The van der Waals surface area contributed by atoms with Crippen LogP contribution in [-0.4, -0.2) is 11.9 Å². The summed E-state index contributed by atoms with van der Waals surface area (Å²) in [5, 5.41) is 11.9. The highest BCUT2D eigenvalue weighted by molar-refractivity contribution is 5.76. The lowest BCUT2D eigenvalue weighted by molar-refractivity contribution is -0.122. The van der Waals surface area contributed by atoms with Crippen LogP contribution in [0.5, 0.6) is 0 Å². The fourth-order valence-electron chi connectivity index (χ4n) is 2.28. The Kier molecular flexibility index (Phi) is 5.92. The lowest BCUT2D eigenvalue weighted by Gasteiger charge is -2.15. The first kappa shape index (κ1) is 13.0. The standard InChI is InChI=1S/C13H22N2O/c1-2-3-4-5-9-13(16)15-12-8-6-7-11(12)10-14/h11-12H,2-9H2,1H3,(H,15,16). The number of hydrogen-bond acceptors (Lipinski definition) is 2. The van der Waals surface area contributed by atoms with E-state index in [1.54, 1.807) is 0 Å². The van der Waals surface area contributed by atoms with Crippen LogP contribution in [0.3, 0.4) is 0 Å². The van der Waals surface area contributed by atoms with Crippen LogP contribution in [0, 0.1) is 17.2 Å². The van der Waals surface area contributed by atoms with E-state index in [4.69, 9.17) is 5.26 Å². The second-order valence-corrected chi connectivity index (χ2v) is 4.65. The van der Waals surface area contributed by atoms with Gasteiger partial charge < -0.3 is 5.32 Å². The minimum atomic E-state index is 0.0413. The first-order valence-electron chi connectivity index (χ1n) is 6.47. The van der Waals surface area contributed by atoms with Gasteiger partial charge in [-0.25, -0.2) is 0 Å². The van der Waals surface area contributed by atoms with Crippen molar-refractivity contribution in [2.75, 3.05) is 0 Å². The summed E-state index contributed by atoms with van der Waals surface area (Å²) in [6, 6.07) is 2.40. The quantitative estimate of drug-likeness (QED) is 0.702. The number of nitrogens with one attached hydrogen (secondary N) is 1. The summed E-state index contributed by atoms with van der Waals surface area (Å²) in [6.45, 7) is 2.16. The molecule has 90 valence electrons. The van der Waals surface area contributed by atoms with Crippen molar-refractivity contribution in [1.29, 1.82) is 5.26 Å². The number of nitriles is 1. The van der Waals surface area contributed by atoms with Crippen molar-refractivity contribution in [2.45, 2.75) is 64.3 Å². The normalized spacial score (nSPS) is 24.0. The van der Waals surface area contributed by atoms with E-state index in [1.165, 1.54) is 12.8 Å². The van der Waals surface area contributed by atoms with Crippen LogP contribution in [0.2, 0.25) is 0 Å². The molecular formula is C13H22N2O. The summed E-state index contributed by atoms with van der Waals surface area (Å²) < 4.78 is 0. The highest BCUT2D eigenvalue weighted by Crippen LogP contribution is 2.24. The van der Waals surface area contributed by atoms with Crippen LogP contribution < -0.4 is 5.32 Å². The highest BCUT2D eigenvalue weighted by atomic mass is 16.1. The van der Waals surface area contributed by atoms with Gasteiger partial charge in [-0.15, -0.1) is 0 Å². The molecular weight excluding hydrogens is 200 g/mol. The van der Waals surface area contributed by atoms with Crippen molar-refractivity contribution < 1.29 is 4.79 Å². The summed E-state index contributed by atoms with van der Waals surface area (Å²) in [5.74, 6) is 0.169. The van der Waals surface area contributed by atoms with Gasteiger partial charge in [-0.3, -0.25) is 4.79 Å². The number of carbonyl (C=O) groups is 1. The number of unbranched alkanes of at least 4 members (excludes halogenated alkanes) is 3. The van der Waals surface area contributed by atoms with Gasteiger partial charge >= 0.3 is 0 Å². The number of nitrogens with zero attached hydrogens (tertiary/aromatic N) is 1. The molecule has 3 heteroatoms. The molecule has 2 unspecified atom stereocenters. The summed E-state index contributed by atoms with van der Waals surface area (Å²) in [5.41, 5.74) is 0. The van der Waals surface area contributed by atoms with Crippen molar-refractivity contribution in [2.24, 2.45) is 5.92 Å². The predicted octanol–water partition coefficient (Wildman–Crippen LogP) is 2.77. The molecule has 1 amide bonds. The number of carbonyl (C=O) groups excluding carboxylic acids is 1. The molecule has 1 rings (SSSR count). The lowest BCUT2D eigenvalue weighted by atomic mass is 10.1. The molecule has 0 heterocycles. The zero-order valence-electron chi connectivity index (χ0n) is 10.2. The van der Waals surface area contributed by atoms with Crippen LogP contribution in [0.25, 0.3) is 0 Å². The van der Waals surface area contributed by atoms with E-state index in [0.29, 0.717) is 6.42 Å². The van der Waals surface area contributed by atoms with Crippen molar-refractivity contribution >= 4 is 5.91 Å². The van der Waals surface area contributed by atoms with E-state index in [9.17, 15) is 4.79 Å². The Morgan fingerprint density at radius 3 is 2.88 bits per heavy atom. The minimum Gasteiger partial charge on any atom is -0.352 e. The smallest absolute Gasteiger partial charge is 0.220 e. The van der Waals surface area contributed by atoms with Crippen LogP contribution in [0.15, 0.2) is 0 Å². The van der Waals surface area contributed by atoms with E-state index in [-0.39, 0.29) is 17.9 Å². The van der Waals surface area contributed by atoms with Gasteiger partial charge in [0, 0.05) is 12.5 Å². The Balaban J connectivity index is 2.16. The molecule has 3 nitrogen and oxygen atoms in total. The Hall–Kier alpha value is -1.04. The molecule has 1 aliphatic carbocycles. The second-order valence-electron chi connectivity index (χ2n) is 4.65. The molecule has 0 saturated heterocycles. The molecule has 1 fully saturated rings. The third-order valence-corrected chi connectivity index (χ3v) is 3.29. The van der Waals surface area contributed by atoms with E-state index in [0.717, 1.165) is 32.1 Å². The molecule has 0 aromatic rings. The van der Waals surface area contributed by atoms with Crippen LogP contribution >= 0.6 is 0 Å². The minimum absolute atomic E-state index is 0.0413. The van der Waals surface area contributed by atoms with Crippen molar-refractivity contribution in [3.8, 4) is 6.07 Å². The Morgan fingerprint density at radius 2 is 2.19 bits per heavy atom. The Morgan fingerprint density at radius 1 is 1.38 bits per heavy atom. The monoisotopic (exact) mass is 222 g/mol. The molecule has 16 heavy (non-hydrogen) atoms. The Labute approximate surface area is 98.2 Å². The average Bonchev–Trinajstić information content (AvgIpc) is 2.71. The Bertz CT molecular complexity index is 257. The van der Waals surface area contributed by atoms with Gasteiger partial charge in [-0.2, -0.15) is 5.26 Å². The molecule has 2 atom stereocenters. The maximum Gasteiger partial charge on any atom is 0.220 e. The SMILES string of the molecule is CCCCCCC(=O)NC1CCCC1C#N. The highest BCUT2D eigenvalue weighted by Gasteiger charge is 2.27. The molecule has 0 aliphatic heterocycles. The number of rotatable bonds is 6. The number of amides is 1. The predicted molar refractivity (Wildman–Crippen MR) is 63.6 cm³/mol. The van der Waals surface area contributed by atoms with Gasteiger partial charge in [0.05, 0.1) is 12.0 Å². The largest absolute Gasteiger partial charge is 0.352 e. The maximum atomic E-state index is 11.6. The molecule has 0 bridgehead atoms. The first-order valence-corrected chi connectivity index (χ1v) is 6.47. The molecule has 0 radical (unpaired) electrons. The maximum absolute atomic E-state index is 11.6. The fourth-order valence-corrected chi connectivity index (χ4v) is 2.28. The van der Waals surface area contributed by atoms with Gasteiger partial charge in [0.15, 0.2) is 0 Å². The van der Waals surface area contributed by atoms with Gasteiger partial charge in [-0.1, -0.05) is 26.2 Å². The fraction of sp³-hybridized carbons (Fsp3) is 0.846. The van der Waals surface area contributed by atoms with Gasteiger partial charge in [0.25, 0.3) is 0 Å².